The summed E-state index contributed by atoms with van der Waals surface area (Å²) in [6.07, 6.45) is -0.0550. The van der Waals surface area contributed by atoms with E-state index in [4.69, 9.17) is 0 Å². The molecule has 1 heterocycles. The first-order valence-corrected chi connectivity index (χ1v) is 13.0. The van der Waals surface area contributed by atoms with Crippen molar-refractivity contribution in [2.24, 2.45) is 0 Å². The SMILES string of the molecule is O=C(CNC(=O)CN1C(=O)c2cccc3cccc(c23)C1=O)NCC(=O)NCC(=O)NC(Cc1ccc(O)cc1)C(=O)O. The second-order valence-corrected chi connectivity index (χ2v) is 9.56. The number of carbonyl (C=O) groups excluding carboxylic acids is 6. The number of aliphatic carboxylic acids is 1. The number of benzene rings is 3. The molecule has 4 rings (SSSR count). The number of hydrogen-bond acceptors (Lipinski definition) is 8. The van der Waals surface area contributed by atoms with Crippen LogP contribution in [0.3, 0.4) is 0 Å². The lowest BCUT2D eigenvalue weighted by atomic mass is 9.94. The molecule has 0 bridgehead atoms. The molecule has 0 saturated carbocycles. The average molecular weight is 590 g/mol. The summed E-state index contributed by atoms with van der Waals surface area (Å²) in [5.41, 5.74) is 1.13. The Hall–Kier alpha value is -5.79. The number of amides is 6. The summed E-state index contributed by atoms with van der Waals surface area (Å²) in [5.74, 6) is -5.61. The third-order valence-electron chi connectivity index (χ3n) is 6.51. The molecule has 3 aromatic rings. The number of nitrogens with one attached hydrogen (secondary N) is 4. The first-order chi connectivity index (χ1) is 20.5. The second kappa shape index (κ2) is 13.2. The molecule has 1 aliphatic rings. The smallest absolute Gasteiger partial charge is 0.326 e. The zero-order chi connectivity index (χ0) is 31.1. The number of nitrogens with zero attached hydrogens (tertiary/aromatic N) is 1. The van der Waals surface area contributed by atoms with Gasteiger partial charge in [0.05, 0.1) is 19.6 Å². The van der Waals surface area contributed by atoms with Crippen LogP contribution in [-0.4, -0.2) is 88.7 Å². The fraction of sp³-hybridized carbons (Fsp3) is 0.207. The number of imide groups is 1. The Morgan fingerprint density at radius 2 is 1.21 bits per heavy atom. The first kappa shape index (κ1) is 30.2. The van der Waals surface area contributed by atoms with Gasteiger partial charge in [-0.05, 0) is 35.2 Å². The average Bonchev–Trinajstić information content (AvgIpc) is 2.99. The van der Waals surface area contributed by atoms with Gasteiger partial charge in [0.2, 0.25) is 23.6 Å². The van der Waals surface area contributed by atoms with E-state index in [1.807, 2.05) is 0 Å². The van der Waals surface area contributed by atoms with E-state index in [-0.39, 0.29) is 23.3 Å². The van der Waals surface area contributed by atoms with Crippen molar-refractivity contribution in [2.45, 2.75) is 12.5 Å². The van der Waals surface area contributed by atoms with E-state index in [1.165, 1.54) is 24.3 Å². The van der Waals surface area contributed by atoms with Gasteiger partial charge >= 0.3 is 5.97 Å². The fourth-order valence-corrected chi connectivity index (χ4v) is 4.40. The van der Waals surface area contributed by atoms with E-state index in [1.54, 1.807) is 36.4 Å². The van der Waals surface area contributed by atoms with Crippen molar-refractivity contribution >= 4 is 52.2 Å². The largest absolute Gasteiger partial charge is 0.508 e. The van der Waals surface area contributed by atoms with E-state index < -0.39 is 73.6 Å². The normalized spacial score (nSPS) is 12.8. The van der Waals surface area contributed by atoms with Gasteiger partial charge in [0.15, 0.2) is 0 Å². The summed E-state index contributed by atoms with van der Waals surface area (Å²) in [6.45, 7) is -2.26. The first-order valence-electron chi connectivity index (χ1n) is 13.0. The van der Waals surface area contributed by atoms with Crippen LogP contribution in [0.5, 0.6) is 5.75 Å². The van der Waals surface area contributed by atoms with Crippen LogP contribution in [0.25, 0.3) is 10.8 Å². The van der Waals surface area contributed by atoms with Crippen LogP contribution < -0.4 is 21.3 Å². The number of phenolic OH excluding ortho intramolecular Hbond substituents is 1. The van der Waals surface area contributed by atoms with E-state index in [0.717, 1.165) is 10.3 Å². The molecule has 3 aromatic carbocycles. The van der Waals surface area contributed by atoms with Crippen molar-refractivity contribution < 1.29 is 43.8 Å². The van der Waals surface area contributed by atoms with Crippen LogP contribution >= 0.6 is 0 Å². The molecule has 14 heteroatoms. The van der Waals surface area contributed by atoms with Crippen LogP contribution in [0.2, 0.25) is 0 Å². The molecular formula is C29H27N5O9. The summed E-state index contributed by atoms with van der Waals surface area (Å²) in [4.78, 5) is 86.8. The minimum atomic E-state index is -1.29. The number of aromatic hydroxyl groups is 1. The Morgan fingerprint density at radius 1 is 0.698 bits per heavy atom. The van der Waals surface area contributed by atoms with E-state index in [0.29, 0.717) is 10.9 Å². The predicted molar refractivity (Wildman–Crippen MR) is 150 cm³/mol. The minimum absolute atomic E-state index is 0.00647. The topological polar surface area (TPSA) is 211 Å². The number of carbonyl (C=O) groups is 7. The van der Waals surface area contributed by atoms with Gasteiger partial charge in [-0.2, -0.15) is 0 Å². The third kappa shape index (κ3) is 7.49. The maximum atomic E-state index is 12.9. The third-order valence-corrected chi connectivity index (χ3v) is 6.51. The highest BCUT2D eigenvalue weighted by molar-refractivity contribution is 6.26. The molecule has 0 radical (unpaired) electrons. The second-order valence-electron chi connectivity index (χ2n) is 9.56. The molecule has 0 aromatic heterocycles. The van der Waals surface area contributed by atoms with Crippen molar-refractivity contribution in [3.8, 4) is 5.75 Å². The molecule has 1 unspecified atom stereocenters. The molecule has 6 amide bonds. The number of hydrogen-bond donors (Lipinski definition) is 6. The lowest BCUT2D eigenvalue weighted by molar-refractivity contribution is -0.141. The lowest BCUT2D eigenvalue weighted by Gasteiger charge is -2.26. The van der Waals surface area contributed by atoms with Gasteiger partial charge < -0.3 is 31.5 Å². The van der Waals surface area contributed by atoms with Gasteiger partial charge in [0.25, 0.3) is 11.8 Å². The van der Waals surface area contributed by atoms with Crippen molar-refractivity contribution in [1.29, 1.82) is 0 Å². The van der Waals surface area contributed by atoms with Crippen molar-refractivity contribution in [3.63, 3.8) is 0 Å². The zero-order valence-electron chi connectivity index (χ0n) is 22.6. The van der Waals surface area contributed by atoms with Gasteiger partial charge in [-0.15, -0.1) is 0 Å². The van der Waals surface area contributed by atoms with Crippen LogP contribution in [0, 0.1) is 0 Å². The molecule has 0 aliphatic carbocycles. The molecule has 6 N–H and O–H groups in total. The minimum Gasteiger partial charge on any atom is -0.508 e. The molecule has 222 valence electrons. The zero-order valence-corrected chi connectivity index (χ0v) is 22.6. The maximum Gasteiger partial charge on any atom is 0.326 e. The number of carboxylic acid groups (broad SMARTS) is 1. The Kier molecular flexibility index (Phi) is 9.30. The van der Waals surface area contributed by atoms with Gasteiger partial charge in [0, 0.05) is 22.9 Å². The lowest BCUT2D eigenvalue weighted by Crippen LogP contribution is -2.49. The Balaban J connectivity index is 1.17. The Labute approximate surface area is 244 Å². The van der Waals surface area contributed by atoms with Crippen molar-refractivity contribution in [2.75, 3.05) is 26.2 Å². The molecule has 0 fully saturated rings. The molecule has 1 atom stereocenters. The van der Waals surface area contributed by atoms with E-state index in [9.17, 15) is 43.8 Å². The van der Waals surface area contributed by atoms with Crippen LogP contribution in [0.4, 0.5) is 0 Å². The molecule has 1 aliphatic heterocycles. The molecule has 14 nitrogen and oxygen atoms in total. The Bertz CT molecular complexity index is 1570. The highest BCUT2D eigenvalue weighted by atomic mass is 16.4. The van der Waals surface area contributed by atoms with E-state index >= 15 is 0 Å². The highest BCUT2D eigenvalue weighted by Gasteiger charge is 2.33. The summed E-state index contributed by atoms with van der Waals surface area (Å²) in [5, 5.41) is 29.0. The van der Waals surface area contributed by atoms with Gasteiger partial charge in [0.1, 0.15) is 18.3 Å². The Morgan fingerprint density at radius 3 is 1.74 bits per heavy atom. The summed E-state index contributed by atoms with van der Waals surface area (Å²) in [7, 11) is 0. The predicted octanol–water partition coefficient (Wildman–Crippen LogP) is -0.698. The quantitative estimate of drug-likeness (QED) is 0.147. The van der Waals surface area contributed by atoms with Gasteiger partial charge in [-0.3, -0.25) is 33.7 Å². The summed E-state index contributed by atoms with van der Waals surface area (Å²) < 4.78 is 0. The molecule has 0 spiro atoms. The maximum absolute atomic E-state index is 12.9. The number of phenols is 1. The van der Waals surface area contributed by atoms with Crippen molar-refractivity contribution in [3.05, 3.63) is 77.4 Å². The van der Waals surface area contributed by atoms with Crippen LogP contribution in [0.15, 0.2) is 60.7 Å². The monoisotopic (exact) mass is 589 g/mol. The van der Waals surface area contributed by atoms with Crippen LogP contribution in [-0.2, 0) is 30.4 Å². The molecular weight excluding hydrogens is 562 g/mol. The van der Waals surface area contributed by atoms with Crippen molar-refractivity contribution in [1.82, 2.24) is 26.2 Å². The van der Waals surface area contributed by atoms with E-state index in [2.05, 4.69) is 21.3 Å². The van der Waals surface area contributed by atoms with Gasteiger partial charge in [-0.1, -0.05) is 36.4 Å². The van der Waals surface area contributed by atoms with Crippen LogP contribution in [0.1, 0.15) is 26.3 Å². The standard InChI is InChI=1S/C29H27N5O9/c35-18-9-7-16(8-10-18)11-21(29(42)43)33-24(38)14-31-22(36)12-30-23(37)13-32-25(39)15-34-27(40)19-5-1-3-17-4-2-6-20(26(17)19)28(34)41/h1-10,21,35H,11-15H2,(H,30,37)(H,31,36)(H,32,39)(H,33,38)(H,42,43). The number of rotatable bonds is 12. The molecule has 43 heavy (non-hydrogen) atoms. The summed E-state index contributed by atoms with van der Waals surface area (Å²) in [6, 6.07) is 14.5. The highest BCUT2D eigenvalue weighted by Crippen LogP contribution is 2.29. The molecule has 0 saturated heterocycles. The number of carboxylic acids is 1. The summed E-state index contributed by atoms with van der Waals surface area (Å²) >= 11 is 0. The fourth-order valence-electron chi connectivity index (χ4n) is 4.40. The van der Waals surface area contributed by atoms with Gasteiger partial charge in [-0.25, -0.2) is 4.79 Å².